The Morgan fingerprint density at radius 3 is 0.930 bits per heavy atom. The minimum atomic E-state index is -0.772. The van der Waals surface area contributed by atoms with Gasteiger partial charge in [0.15, 0.2) is 6.10 Å². The molecule has 0 aromatic heterocycles. The zero-order valence-electron chi connectivity index (χ0n) is 38.1. The van der Waals surface area contributed by atoms with Crippen LogP contribution in [0, 0.1) is 0 Å². The third-order valence-corrected chi connectivity index (χ3v) is 10.9. The molecule has 0 radical (unpaired) electrons. The Kier molecular flexibility index (Phi) is 44.9. The van der Waals surface area contributed by atoms with Gasteiger partial charge >= 0.3 is 17.9 Å². The van der Waals surface area contributed by atoms with Crippen molar-refractivity contribution < 1.29 is 28.6 Å². The maximum absolute atomic E-state index is 12.7. The molecule has 0 amide bonds. The molecule has 0 heterocycles. The first-order chi connectivity index (χ1) is 28.0. The lowest BCUT2D eigenvalue weighted by atomic mass is 10.1. The van der Waals surface area contributed by atoms with Crippen molar-refractivity contribution in [3.05, 3.63) is 24.3 Å². The molecule has 0 aromatic carbocycles. The minimum Gasteiger partial charge on any atom is -0.462 e. The molecule has 0 fully saturated rings. The van der Waals surface area contributed by atoms with Gasteiger partial charge in [0.1, 0.15) is 13.2 Å². The zero-order chi connectivity index (χ0) is 41.5. The molecule has 0 saturated heterocycles. The number of hydrogen-bond donors (Lipinski definition) is 0. The number of unbranched alkanes of at least 4 members (excludes halogenated alkanes) is 30. The number of carbonyl (C=O) groups excluding carboxylic acids is 3. The highest BCUT2D eigenvalue weighted by molar-refractivity contribution is 5.71. The number of hydrogen-bond acceptors (Lipinski definition) is 6. The smallest absolute Gasteiger partial charge is 0.306 e. The first-order valence-electron chi connectivity index (χ1n) is 24.8. The van der Waals surface area contributed by atoms with Gasteiger partial charge in [-0.05, 0) is 64.2 Å². The van der Waals surface area contributed by atoms with Crippen LogP contribution in [0.25, 0.3) is 0 Å². The van der Waals surface area contributed by atoms with Crippen LogP contribution in [0.5, 0.6) is 0 Å². The molecule has 0 aliphatic carbocycles. The van der Waals surface area contributed by atoms with Gasteiger partial charge in [-0.3, -0.25) is 14.4 Å². The van der Waals surface area contributed by atoms with E-state index in [1.807, 2.05) is 0 Å². The highest BCUT2D eigenvalue weighted by atomic mass is 16.6. The summed E-state index contributed by atoms with van der Waals surface area (Å²) in [6, 6.07) is 0. The minimum absolute atomic E-state index is 0.0744. The van der Waals surface area contributed by atoms with Crippen LogP contribution in [0.2, 0.25) is 0 Å². The Morgan fingerprint density at radius 1 is 0.333 bits per heavy atom. The summed E-state index contributed by atoms with van der Waals surface area (Å²) in [6.07, 6.45) is 51.7. The first kappa shape index (κ1) is 54.9. The van der Waals surface area contributed by atoms with E-state index in [1.165, 1.54) is 148 Å². The maximum Gasteiger partial charge on any atom is 0.306 e. The Bertz CT molecular complexity index is 927. The van der Waals surface area contributed by atoms with Crippen molar-refractivity contribution in [2.75, 3.05) is 13.2 Å². The summed E-state index contributed by atoms with van der Waals surface area (Å²) in [7, 11) is 0. The van der Waals surface area contributed by atoms with Crippen LogP contribution >= 0.6 is 0 Å². The Labute approximate surface area is 353 Å². The number of ether oxygens (including phenoxy) is 3. The van der Waals surface area contributed by atoms with Crippen molar-refractivity contribution in [3.8, 4) is 0 Å². The third-order valence-electron chi connectivity index (χ3n) is 10.9. The second-order valence-corrected chi connectivity index (χ2v) is 16.7. The normalized spacial score (nSPS) is 12.1. The quantitative estimate of drug-likeness (QED) is 0.0264. The number of esters is 3. The highest BCUT2D eigenvalue weighted by Gasteiger charge is 2.19. The van der Waals surface area contributed by atoms with Crippen molar-refractivity contribution in [1.82, 2.24) is 0 Å². The largest absolute Gasteiger partial charge is 0.462 e. The van der Waals surface area contributed by atoms with Crippen LogP contribution < -0.4 is 0 Å². The molecule has 6 heteroatoms. The molecular weight excluding hydrogens is 709 g/mol. The molecule has 0 rings (SSSR count). The SMILES string of the molecule is CCCC/C=C\CCCCCCC(=O)OC(COC(=O)CCCCCCCCC/C=C\CCCCCCCCCC)COC(=O)CCCCCCCCCCCC. The fourth-order valence-electron chi connectivity index (χ4n) is 7.12. The molecule has 1 atom stereocenters. The van der Waals surface area contributed by atoms with Crippen LogP contribution in [0.3, 0.4) is 0 Å². The van der Waals surface area contributed by atoms with Crippen LogP contribution in [-0.2, 0) is 28.6 Å². The summed E-state index contributed by atoms with van der Waals surface area (Å²) in [5, 5.41) is 0. The van der Waals surface area contributed by atoms with Crippen molar-refractivity contribution in [2.24, 2.45) is 0 Å². The molecule has 334 valence electrons. The molecule has 6 nitrogen and oxygen atoms in total. The molecule has 0 spiro atoms. The van der Waals surface area contributed by atoms with E-state index in [1.54, 1.807) is 0 Å². The van der Waals surface area contributed by atoms with Gasteiger partial charge in [-0.15, -0.1) is 0 Å². The van der Waals surface area contributed by atoms with Gasteiger partial charge in [0.2, 0.25) is 0 Å². The summed E-state index contributed by atoms with van der Waals surface area (Å²) >= 11 is 0. The molecule has 0 saturated carbocycles. The molecule has 1 unspecified atom stereocenters. The summed E-state index contributed by atoms with van der Waals surface area (Å²) in [5.41, 5.74) is 0. The molecule has 0 N–H and O–H groups in total. The van der Waals surface area contributed by atoms with E-state index in [0.29, 0.717) is 19.3 Å². The summed E-state index contributed by atoms with van der Waals surface area (Å²) in [6.45, 7) is 6.58. The van der Waals surface area contributed by atoms with E-state index in [9.17, 15) is 14.4 Å². The standard InChI is InChI=1S/C51H94O6/c1-4-7-10-13-16-19-22-23-24-25-26-27-28-29-30-33-35-38-41-44-50(53)56-47-48(57-51(54)45-42-39-36-32-21-18-15-12-9-6-3)46-55-49(52)43-40-37-34-31-20-17-14-11-8-5-2/h15,18,25-26,48H,4-14,16-17,19-24,27-47H2,1-3H3/b18-15-,26-25-. The van der Waals surface area contributed by atoms with E-state index in [-0.39, 0.29) is 31.1 Å². The monoisotopic (exact) mass is 803 g/mol. The second-order valence-electron chi connectivity index (χ2n) is 16.7. The number of carbonyl (C=O) groups is 3. The van der Waals surface area contributed by atoms with Gasteiger partial charge in [0, 0.05) is 19.3 Å². The van der Waals surface area contributed by atoms with Crippen LogP contribution in [0.15, 0.2) is 24.3 Å². The Hall–Kier alpha value is -2.11. The fourth-order valence-corrected chi connectivity index (χ4v) is 7.12. The van der Waals surface area contributed by atoms with Crippen molar-refractivity contribution in [1.29, 1.82) is 0 Å². The van der Waals surface area contributed by atoms with Gasteiger partial charge in [0.05, 0.1) is 0 Å². The lowest BCUT2D eigenvalue weighted by molar-refractivity contribution is -0.167. The average Bonchev–Trinajstić information content (AvgIpc) is 3.21. The van der Waals surface area contributed by atoms with E-state index < -0.39 is 6.10 Å². The highest BCUT2D eigenvalue weighted by Crippen LogP contribution is 2.15. The lowest BCUT2D eigenvalue weighted by Gasteiger charge is -2.18. The molecular formula is C51H94O6. The van der Waals surface area contributed by atoms with E-state index >= 15 is 0 Å². The van der Waals surface area contributed by atoms with E-state index in [4.69, 9.17) is 14.2 Å². The van der Waals surface area contributed by atoms with E-state index in [0.717, 1.165) is 77.0 Å². The predicted octanol–water partition coefficient (Wildman–Crippen LogP) is 16.0. The predicted molar refractivity (Wildman–Crippen MR) is 243 cm³/mol. The van der Waals surface area contributed by atoms with Crippen molar-refractivity contribution >= 4 is 17.9 Å². The van der Waals surface area contributed by atoms with Gasteiger partial charge in [-0.2, -0.15) is 0 Å². The van der Waals surface area contributed by atoms with Gasteiger partial charge < -0.3 is 14.2 Å². The van der Waals surface area contributed by atoms with Crippen molar-refractivity contribution in [3.63, 3.8) is 0 Å². The lowest BCUT2D eigenvalue weighted by Crippen LogP contribution is -2.30. The van der Waals surface area contributed by atoms with Gasteiger partial charge in [-0.25, -0.2) is 0 Å². The number of allylic oxidation sites excluding steroid dienone is 4. The Morgan fingerprint density at radius 2 is 0.596 bits per heavy atom. The van der Waals surface area contributed by atoms with Crippen molar-refractivity contribution in [2.45, 2.75) is 271 Å². The molecule has 0 bridgehead atoms. The first-order valence-corrected chi connectivity index (χ1v) is 24.8. The summed E-state index contributed by atoms with van der Waals surface area (Å²) in [4.78, 5) is 37.7. The van der Waals surface area contributed by atoms with Crippen LogP contribution in [-0.4, -0.2) is 37.2 Å². The molecule has 0 aliphatic rings. The molecule has 0 aromatic rings. The topological polar surface area (TPSA) is 78.9 Å². The van der Waals surface area contributed by atoms with Gasteiger partial charge in [0.25, 0.3) is 0 Å². The number of rotatable bonds is 45. The summed E-state index contributed by atoms with van der Waals surface area (Å²) in [5.74, 6) is -0.887. The van der Waals surface area contributed by atoms with Gasteiger partial charge in [-0.1, -0.05) is 206 Å². The maximum atomic E-state index is 12.7. The second kappa shape index (κ2) is 46.6. The molecule has 57 heavy (non-hydrogen) atoms. The Balaban J connectivity index is 4.25. The van der Waals surface area contributed by atoms with E-state index in [2.05, 4.69) is 45.1 Å². The fraction of sp³-hybridized carbons (Fsp3) is 0.863. The van der Waals surface area contributed by atoms with Crippen LogP contribution in [0.1, 0.15) is 265 Å². The zero-order valence-corrected chi connectivity index (χ0v) is 38.1. The third kappa shape index (κ3) is 44.8. The molecule has 0 aliphatic heterocycles. The summed E-state index contributed by atoms with van der Waals surface area (Å²) < 4.78 is 16.7. The average molecular weight is 803 g/mol. The van der Waals surface area contributed by atoms with Crippen LogP contribution in [0.4, 0.5) is 0 Å².